The summed E-state index contributed by atoms with van der Waals surface area (Å²) in [5.74, 6) is -1.24. The minimum atomic E-state index is -3.93. The van der Waals surface area contributed by atoms with E-state index in [0.717, 1.165) is 11.6 Å². The summed E-state index contributed by atoms with van der Waals surface area (Å²) >= 11 is 0. The lowest BCUT2D eigenvalue weighted by Crippen LogP contribution is -2.44. The second-order valence-electron chi connectivity index (χ2n) is 7.70. The Morgan fingerprint density at radius 2 is 1.78 bits per heavy atom. The fourth-order valence-electron chi connectivity index (χ4n) is 3.87. The monoisotopic (exact) mass is 457 g/mol. The van der Waals surface area contributed by atoms with E-state index in [1.54, 1.807) is 11.0 Å². The van der Waals surface area contributed by atoms with Crippen LogP contribution < -0.4 is 5.32 Å². The minimum absolute atomic E-state index is 0.137. The molecule has 0 bridgehead atoms. The van der Waals surface area contributed by atoms with Crippen LogP contribution in [0, 0.1) is 11.7 Å². The summed E-state index contributed by atoms with van der Waals surface area (Å²) in [4.78, 5) is 16.6. The maximum atomic E-state index is 14.0. The maximum Gasteiger partial charge on any atom is 0.245 e. The molecule has 168 valence electrons. The fourth-order valence-corrected chi connectivity index (χ4v) is 5.41. The number of hydrogen-bond acceptors (Lipinski definition) is 5. The molecule has 8 nitrogen and oxygen atoms in total. The molecule has 0 saturated carbocycles. The molecule has 1 aromatic heterocycles. The third-order valence-corrected chi connectivity index (χ3v) is 7.57. The predicted molar refractivity (Wildman–Crippen MR) is 115 cm³/mol. The highest BCUT2D eigenvalue weighted by molar-refractivity contribution is 7.89. The molecule has 1 atom stereocenters. The number of amides is 1. The normalized spacial score (nSPS) is 16.5. The number of nitrogens with one attached hydrogen (secondary N) is 1. The van der Waals surface area contributed by atoms with E-state index >= 15 is 0 Å². The first kappa shape index (κ1) is 22.1. The van der Waals surface area contributed by atoms with E-state index in [0.29, 0.717) is 19.4 Å². The largest absolute Gasteiger partial charge is 0.347 e. The molecular weight excluding hydrogens is 433 g/mol. The number of carbonyl (C=O) groups excluding carboxylic acids is 1. The number of rotatable bonds is 7. The summed E-state index contributed by atoms with van der Waals surface area (Å²) in [6.07, 6.45) is 3.76. The molecule has 2 aromatic carbocycles. The van der Waals surface area contributed by atoms with Crippen molar-refractivity contribution in [2.24, 2.45) is 5.92 Å². The molecule has 1 aliphatic heterocycles. The SMILES string of the molecule is O=C(NC(Cn1cncn1)c1ccccc1)C1CCN(S(=O)(=O)c2ccccc2F)CC1. The molecule has 4 rings (SSSR count). The molecule has 0 radical (unpaired) electrons. The van der Waals surface area contributed by atoms with Gasteiger partial charge in [-0.05, 0) is 30.5 Å². The zero-order valence-electron chi connectivity index (χ0n) is 17.3. The van der Waals surface area contributed by atoms with E-state index in [9.17, 15) is 17.6 Å². The number of halogens is 1. The number of piperidine rings is 1. The summed E-state index contributed by atoms with van der Waals surface area (Å²) < 4.78 is 42.5. The van der Waals surface area contributed by atoms with Crippen LogP contribution in [0.4, 0.5) is 4.39 Å². The first-order valence-electron chi connectivity index (χ1n) is 10.4. The Kier molecular flexibility index (Phi) is 6.61. The Hall–Kier alpha value is -3.11. The molecule has 1 saturated heterocycles. The molecule has 1 unspecified atom stereocenters. The third-order valence-electron chi connectivity index (χ3n) is 5.63. The summed E-state index contributed by atoms with van der Waals surface area (Å²) in [7, 11) is -3.93. The van der Waals surface area contributed by atoms with Gasteiger partial charge in [0, 0.05) is 19.0 Å². The van der Waals surface area contributed by atoms with Gasteiger partial charge in [0.15, 0.2) is 0 Å². The number of nitrogens with zero attached hydrogens (tertiary/aromatic N) is 4. The van der Waals surface area contributed by atoms with Gasteiger partial charge in [0.25, 0.3) is 0 Å². The Labute approximate surface area is 186 Å². The van der Waals surface area contributed by atoms with Gasteiger partial charge in [-0.25, -0.2) is 17.8 Å². The first-order valence-corrected chi connectivity index (χ1v) is 11.8. The summed E-state index contributed by atoms with van der Waals surface area (Å²) in [6.45, 7) is 0.748. The maximum absolute atomic E-state index is 14.0. The number of benzene rings is 2. The summed E-state index contributed by atoms with van der Waals surface area (Å²) in [5.41, 5.74) is 0.941. The highest BCUT2D eigenvalue weighted by Crippen LogP contribution is 2.26. The first-order chi connectivity index (χ1) is 15.4. The van der Waals surface area contributed by atoms with Crippen molar-refractivity contribution in [2.75, 3.05) is 13.1 Å². The van der Waals surface area contributed by atoms with Crippen molar-refractivity contribution in [3.05, 3.63) is 78.6 Å². The fraction of sp³-hybridized carbons (Fsp3) is 0.318. The second-order valence-corrected chi connectivity index (χ2v) is 9.60. The molecule has 2 heterocycles. The van der Waals surface area contributed by atoms with Crippen molar-refractivity contribution in [3.63, 3.8) is 0 Å². The Morgan fingerprint density at radius 3 is 2.44 bits per heavy atom. The highest BCUT2D eigenvalue weighted by atomic mass is 32.2. The Balaban J connectivity index is 1.41. The van der Waals surface area contributed by atoms with E-state index in [4.69, 9.17) is 0 Å². The molecule has 0 aliphatic carbocycles. The van der Waals surface area contributed by atoms with E-state index in [1.807, 2.05) is 30.3 Å². The summed E-state index contributed by atoms with van der Waals surface area (Å²) in [6, 6.07) is 14.6. The lowest BCUT2D eigenvalue weighted by molar-refractivity contribution is -0.127. The third kappa shape index (κ3) is 4.86. The standard InChI is InChI=1S/C22H24FN5O3S/c23-19-8-4-5-9-21(19)32(30,31)28-12-10-18(11-13-28)22(29)26-20(14-27-16-24-15-25-27)17-6-2-1-3-7-17/h1-9,15-16,18,20H,10-14H2,(H,26,29). The Morgan fingerprint density at radius 1 is 1.09 bits per heavy atom. The van der Waals surface area contributed by atoms with Crippen LogP contribution in [0.2, 0.25) is 0 Å². The number of sulfonamides is 1. The van der Waals surface area contributed by atoms with Gasteiger partial charge in [-0.1, -0.05) is 42.5 Å². The molecule has 1 aliphatic rings. The van der Waals surface area contributed by atoms with Crippen LogP contribution in [0.1, 0.15) is 24.4 Å². The lowest BCUT2D eigenvalue weighted by Gasteiger charge is -2.31. The van der Waals surface area contributed by atoms with Gasteiger partial charge in [-0.3, -0.25) is 9.48 Å². The van der Waals surface area contributed by atoms with Gasteiger partial charge >= 0.3 is 0 Å². The van der Waals surface area contributed by atoms with Crippen LogP contribution in [0.15, 0.2) is 72.1 Å². The van der Waals surface area contributed by atoms with Crippen molar-refractivity contribution >= 4 is 15.9 Å². The van der Waals surface area contributed by atoms with Crippen LogP contribution in [0.5, 0.6) is 0 Å². The number of hydrogen-bond donors (Lipinski definition) is 1. The van der Waals surface area contributed by atoms with E-state index in [-0.39, 0.29) is 35.9 Å². The quantitative estimate of drug-likeness (QED) is 0.588. The van der Waals surface area contributed by atoms with Crippen molar-refractivity contribution < 1.29 is 17.6 Å². The number of carbonyl (C=O) groups is 1. The van der Waals surface area contributed by atoms with Crippen LogP contribution in [0.25, 0.3) is 0 Å². The smallest absolute Gasteiger partial charge is 0.245 e. The predicted octanol–water partition coefficient (Wildman–Crippen LogP) is 2.38. The number of aromatic nitrogens is 3. The van der Waals surface area contributed by atoms with Crippen LogP contribution in [-0.4, -0.2) is 46.5 Å². The summed E-state index contributed by atoms with van der Waals surface area (Å²) in [5, 5.41) is 7.20. The molecule has 1 fully saturated rings. The van der Waals surface area contributed by atoms with E-state index < -0.39 is 15.8 Å². The Bertz CT molecular complexity index is 1150. The van der Waals surface area contributed by atoms with Gasteiger partial charge in [0.2, 0.25) is 15.9 Å². The lowest BCUT2D eigenvalue weighted by atomic mass is 9.96. The van der Waals surface area contributed by atoms with Gasteiger partial charge in [0.05, 0.1) is 12.6 Å². The van der Waals surface area contributed by atoms with Gasteiger partial charge in [0.1, 0.15) is 23.4 Å². The zero-order valence-corrected chi connectivity index (χ0v) is 18.2. The second kappa shape index (κ2) is 9.58. The van der Waals surface area contributed by atoms with Gasteiger partial charge in [-0.15, -0.1) is 0 Å². The molecular formula is C22H24FN5O3S. The van der Waals surface area contributed by atoms with E-state index in [2.05, 4.69) is 15.4 Å². The average molecular weight is 458 g/mol. The molecule has 1 amide bonds. The average Bonchev–Trinajstić information content (AvgIpc) is 3.32. The molecule has 10 heteroatoms. The minimum Gasteiger partial charge on any atom is -0.347 e. The van der Waals surface area contributed by atoms with Crippen molar-refractivity contribution in [3.8, 4) is 0 Å². The highest BCUT2D eigenvalue weighted by Gasteiger charge is 2.34. The molecule has 1 N–H and O–H groups in total. The van der Waals surface area contributed by atoms with Gasteiger partial charge < -0.3 is 5.32 Å². The van der Waals surface area contributed by atoms with Crippen LogP contribution >= 0.6 is 0 Å². The van der Waals surface area contributed by atoms with Crippen LogP contribution in [-0.2, 0) is 21.4 Å². The molecule has 32 heavy (non-hydrogen) atoms. The van der Waals surface area contributed by atoms with Crippen molar-refractivity contribution in [1.29, 1.82) is 0 Å². The molecule has 3 aromatic rings. The van der Waals surface area contributed by atoms with E-state index in [1.165, 1.54) is 28.8 Å². The molecule has 0 spiro atoms. The van der Waals surface area contributed by atoms with Crippen molar-refractivity contribution in [2.45, 2.75) is 30.3 Å². The van der Waals surface area contributed by atoms with Crippen LogP contribution in [0.3, 0.4) is 0 Å². The zero-order chi connectivity index (χ0) is 22.6. The van der Waals surface area contributed by atoms with Crippen molar-refractivity contribution in [1.82, 2.24) is 24.4 Å². The topological polar surface area (TPSA) is 97.2 Å². The van der Waals surface area contributed by atoms with Gasteiger partial charge in [-0.2, -0.15) is 9.40 Å².